The van der Waals surface area contributed by atoms with Crippen LogP contribution in [0.15, 0.2) is 30.3 Å². The summed E-state index contributed by atoms with van der Waals surface area (Å²) in [5.41, 5.74) is 0.770. The Hall–Kier alpha value is -1.65. The van der Waals surface area contributed by atoms with Crippen LogP contribution in [-0.4, -0.2) is 16.1 Å². The highest BCUT2D eigenvalue weighted by atomic mass is 35.5. The molecule has 0 saturated heterocycles. The number of carbonyl (C=O) groups is 1. The Morgan fingerprint density at radius 1 is 1.21 bits per heavy atom. The molecule has 3 nitrogen and oxygen atoms in total. The van der Waals surface area contributed by atoms with Gasteiger partial charge in [-0.05, 0) is 24.3 Å². The number of halogens is 3. The third kappa shape index (κ3) is 3.22. The first kappa shape index (κ1) is 13.8. The summed E-state index contributed by atoms with van der Waals surface area (Å²) in [7, 11) is 0. The molecule has 2 aromatic rings. The van der Waals surface area contributed by atoms with Crippen LogP contribution in [0, 0.1) is 5.82 Å². The Kier molecular flexibility index (Phi) is 4.02. The highest BCUT2D eigenvalue weighted by Gasteiger charge is 2.11. The Balaban J connectivity index is 2.48. The SMILES string of the molecule is O=C(O)Cc1ccc(F)c(-c2ccc(Cl)c(Cl)c2)n1. The first-order valence-electron chi connectivity index (χ1n) is 5.30. The average Bonchev–Trinajstić information content (AvgIpc) is 2.34. The van der Waals surface area contributed by atoms with E-state index in [0.717, 1.165) is 0 Å². The lowest BCUT2D eigenvalue weighted by Crippen LogP contribution is -2.03. The molecule has 0 unspecified atom stereocenters. The van der Waals surface area contributed by atoms with E-state index < -0.39 is 11.8 Å². The second kappa shape index (κ2) is 5.55. The number of hydrogen-bond acceptors (Lipinski definition) is 2. The van der Waals surface area contributed by atoms with Gasteiger partial charge in [-0.3, -0.25) is 4.79 Å². The smallest absolute Gasteiger partial charge is 0.309 e. The molecule has 0 atom stereocenters. The van der Waals surface area contributed by atoms with Crippen molar-refractivity contribution in [2.75, 3.05) is 0 Å². The van der Waals surface area contributed by atoms with Crippen molar-refractivity contribution in [3.63, 3.8) is 0 Å². The summed E-state index contributed by atoms with van der Waals surface area (Å²) >= 11 is 11.6. The highest BCUT2D eigenvalue weighted by molar-refractivity contribution is 6.42. The monoisotopic (exact) mass is 299 g/mol. The van der Waals surface area contributed by atoms with Crippen LogP contribution in [0.4, 0.5) is 4.39 Å². The fourth-order valence-electron chi connectivity index (χ4n) is 1.58. The molecule has 0 spiro atoms. The van der Waals surface area contributed by atoms with Crippen LogP contribution in [-0.2, 0) is 11.2 Å². The Labute approximate surface area is 118 Å². The van der Waals surface area contributed by atoms with Gasteiger partial charge >= 0.3 is 5.97 Å². The minimum Gasteiger partial charge on any atom is -0.481 e. The zero-order chi connectivity index (χ0) is 14.0. The van der Waals surface area contributed by atoms with Crippen molar-refractivity contribution in [1.29, 1.82) is 0 Å². The number of rotatable bonds is 3. The highest BCUT2D eigenvalue weighted by Crippen LogP contribution is 2.29. The third-order valence-corrected chi connectivity index (χ3v) is 3.17. The van der Waals surface area contributed by atoms with Gasteiger partial charge in [0.05, 0.1) is 22.2 Å². The molecule has 0 fully saturated rings. The molecule has 1 heterocycles. The van der Waals surface area contributed by atoms with Gasteiger partial charge in [0.1, 0.15) is 11.5 Å². The predicted molar refractivity (Wildman–Crippen MR) is 71.0 cm³/mol. The molecule has 0 aliphatic heterocycles. The van der Waals surface area contributed by atoms with E-state index >= 15 is 0 Å². The maximum Gasteiger partial charge on any atom is 0.309 e. The normalized spacial score (nSPS) is 10.5. The second-order valence-electron chi connectivity index (χ2n) is 3.83. The van der Waals surface area contributed by atoms with Gasteiger partial charge in [0.2, 0.25) is 0 Å². The molecule has 2 rings (SSSR count). The van der Waals surface area contributed by atoms with Gasteiger partial charge in [0.25, 0.3) is 0 Å². The third-order valence-electron chi connectivity index (χ3n) is 2.43. The number of hydrogen-bond donors (Lipinski definition) is 1. The molecule has 1 aromatic carbocycles. The van der Waals surface area contributed by atoms with Gasteiger partial charge in [-0.2, -0.15) is 0 Å². The Morgan fingerprint density at radius 3 is 2.58 bits per heavy atom. The Bertz CT molecular complexity index is 647. The summed E-state index contributed by atoms with van der Waals surface area (Å²) in [6.45, 7) is 0. The number of nitrogens with zero attached hydrogens (tertiary/aromatic N) is 1. The lowest BCUT2D eigenvalue weighted by Gasteiger charge is -2.06. The van der Waals surface area contributed by atoms with E-state index in [2.05, 4.69) is 4.98 Å². The van der Waals surface area contributed by atoms with E-state index in [1.807, 2.05) is 0 Å². The zero-order valence-corrected chi connectivity index (χ0v) is 11.0. The van der Waals surface area contributed by atoms with E-state index in [1.54, 1.807) is 6.07 Å². The molecule has 0 saturated carbocycles. The van der Waals surface area contributed by atoms with Crippen LogP contribution in [0.25, 0.3) is 11.3 Å². The van der Waals surface area contributed by atoms with Crippen molar-refractivity contribution in [1.82, 2.24) is 4.98 Å². The van der Waals surface area contributed by atoms with E-state index in [9.17, 15) is 9.18 Å². The molecule has 19 heavy (non-hydrogen) atoms. The largest absolute Gasteiger partial charge is 0.481 e. The lowest BCUT2D eigenvalue weighted by atomic mass is 10.1. The molecule has 0 aliphatic rings. The molecule has 0 aliphatic carbocycles. The van der Waals surface area contributed by atoms with Crippen molar-refractivity contribution in [2.24, 2.45) is 0 Å². The molecule has 0 bridgehead atoms. The van der Waals surface area contributed by atoms with E-state index in [0.29, 0.717) is 10.6 Å². The standard InChI is InChI=1S/C13H8Cl2FNO2/c14-9-3-1-7(5-10(9)15)13-11(16)4-2-8(17-13)6-12(18)19/h1-5H,6H2,(H,18,19). The van der Waals surface area contributed by atoms with Crippen molar-refractivity contribution in [2.45, 2.75) is 6.42 Å². The molecular formula is C13H8Cl2FNO2. The number of aromatic nitrogens is 1. The van der Waals surface area contributed by atoms with E-state index in [-0.39, 0.29) is 22.8 Å². The summed E-state index contributed by atoms with van der Waals surface area (Å²) in [5.74, 6) is -1.58. The maximum absolute atomic E-state index is 13.7. The van der Waals surface area contributed by atoms with Crippen LogP contribution in [0.2, 0.25) is 10.0 Å². The summed E-state index contributed by atoms with van der Waals surface area (Å²) < 4.78 is 13.7. The Morgan fingerprint density at radius 2 is 1.95 bits per heavy atom. The van der Waals surface area contributed by atoms with Crippen LogP contribution in [0.1, 0.15) is 5.69 Å². The topological polar surface area (TPSA) is 50.2 Å². The predicted octanol–water partition coefficient (Wildman–Crippen LogP) is 3.82. The summed E-state index contributed by atoms with van der Waals surface area (Å²) in [5, 5.41) is 9.34. The molecule has 1 aromatic heterocycles. The summed E-state index contributed by atoms with van der Waals surface area (Å²) in [6, 6.07) is 7.11. The summed E-state index contributed by atoms with van der Waals surface area (Å²) in [4.78, 5) is 14.6. The van der Waals surface area contributed by atoms with Crippen molar-refractivity contribution < 1.29 is 14.3 Å². The fraction of sp³-hybridized carbons (Fsp3) is 0.0769. The van der Waals surface area contributed by atoms with Crippen molar-refractivity contribution in [3.8, 4) is 11.3 Å². The number of benzene rings is 1. The fourth-order valence-corrected chi connectivity index (χ4v) is 1.88. The molecule has 0 radical (unpaired) electrons. The summed E-state index contributed by atoms with van der Waals surface area (Å²) in [6.07, 6.45) is -0.269. The molecular weight excluding hydrogens is 292 g/mol. The van der Waals surface area contributed by atoms with Crippen LogP contribution in [0.3, 0.4) is 0 Å². The maximum atomic E-state index is 13.7. The first-order chi connectivity index (χ1) is 8.97. The van der Waals surface area contributed by atoms with Gasteiger partial charge in [-0.15, -0.1) is 0 Å². The van der Waals surface area contributed by atoms with Crippen LogP contribution in [0.5, 0.6) is 0 Å². The van der Waals surface area contributed by atoms with Gasteiger partial charge in [0.15, 0.2) is 0 Å². The minimum absolute atomic E-state index is 0.0531. The van der Waals surface area contributed by atoms with Gasteiger partial charge in [-0.25, -0.2) is 9.37 Å². The van der Waals surface area contributed by atoms with Crippen molar-refractivity contribution in [3.05, 3.63) is 51.9 Å². The number of carboxylic acid groups (broad SMARTS) is 1. The first-order valence-corrected chi connectivity index (χ1v) is 6.05. The molecule has 1 N–H and O–H groups in total. The van der Waals surface area contributed by atoms with Gasteiger partial charge in [0, 0.05) is 5.56 Å². The van der Waals surface area contributed by atoms with Gasteiger partial charge < -0.3 is 5.11 Å². The molecule has 0 amide bonds. The van der Waals surface area contributed by atoms with E-state index in [4.69, 9.17) is 28.3 Å². The minimum atomic E-state index is -1.03. The average molecular weight is 300 g/mol. The van der Waals surface area contributed by atoms with Gasteiger partial charge in [-0.1, -0.05) is 29.3 Å². The lowest BCUT2D eigenvalue weighted by molar-refractivity contribution is -0.136. The number of carboxylic acids is 1. The quantitative estimate of drug-likeness (QED) is 0.937. The van der Waals surface area contributed by atoms with Crippen molar-refractivity contribution >= 4 is 29.2 Å². The van der Waals surface area contributed by atoms with Crippen LogP contribution < -0.4 is 0 Å². The molecule has 98 valence electrons. The number of aliphatic carboxylic acids is 1. The van der Waals surface area contributed by atoms with Crippen LogP contribution >= 0.6 is 23.2 Å². The number of pyridine rings is 1. The van der Waals surface area contributed by atoms with E-state index in [1.165, 1.54) is 24.3 Å². The second-order valence-corrected chi connectivity index (χ2v) is 4.65. The zero-order valence-electron chi connectivity index (χ0n) is 9.53. The molecule has 6 heteroatoms.